The van der Waals surface area contributed by atoms with E-state index in [-0.39, 0.29) is 30.0 Å². The molecule has 84 valence electrons. The molecule has 0 bridgehead atoms. The molecule has 0 spiro atoms. The first-order valence-electron chi connectivity index (χ1n) is 4.99. The maximum Gasteiger partial charge on any atom is 0.415 e. The first kappa shape index (κ1) is 12.5. The lowest BCUT2D eigenvalue weighted by Gasteiger charge is -2.32. The number of nitrogens with zero attached hydrogens (tertiary/aromatic N) is 3. The van der Waals surface area contributed by atoms with Crippen LogP contribution in [-0.4, -0.2) is 28.6 Å². The summed E-state index contributed by atoms with van der Waals surface area (Å²) in [5, 5.41) is 0. The van der Waals surface area contributed by atoms with Crippen LogP contribution < -0.4 is 28.5 Å². The summed E-state index contributed by atoms with van der Waals surface area (Å²) in [6, 6.07) is 0.519. The maximum atomic E-state index is 11.9. The fraction of sp³-hybridized carbons (Fsp3) is 0.600. The Morgan fingerprint density at radius 2 is 2.20 bits per heavy atom. The summed E-state index contributed by atoms with van der Waals surface area (Å²) in [5.41, 5.74) is 0. The van der Waals surface area contributed by atoms with Crippen molar-refractivity contribution in [2.24, 2.45) is 7.05 Å². The minimum absolute atomic E-state index is 0. The molecular formula is C10H16IN3O. The van der Waals surface area contributed by atoms with Crippen LogP contribution in [0.25, 0.3) is 0 Å². The van der Waals surface area contributed by atoms with E-state index in [0.717, 1.165) is 12.8 Å². The van der Waals surface area contributed by atoms with Crippen LogP contribution in [-0.2, 0) is 7.05 Å². The Labute approximate surface area is 107 Å². The zero-order valence-electron chi connectivity index (χ0n) is 9.06. The molecule has 1 aliphatic rings. The number of amides is 1. The van der Waals surface area contributed by atoms with E-state index in [1.165, 1.54) is 6.42 Å². The lowest BCUT2D eigenvalue weighted by atomic mass is 9.92. The van der Waals surface area contributed by atoms with Gasteiger partial charge in [-0.2, -0.15) is 4.57 Å². The van der Waals surface area contributed by atoms with Crippen molar-refractivity contribution in [1.82, 2.24) is 9.47 Å². The molecule has 0 atom stereocenters. The van der Waals surface area contributed by atoms with Crippen molar-refractivity contribution in [1.29, 1.82) is 0 Å². The number of carbonyl (C=O) groups excluding carboxylic acids is 1. The van der Waals surface area contributed by atoms with Gasteiger partial charge in [-0.05, 0) is 19.3 Å². The van der Waals surface area contributed by atoms with E-state index in [1.807, 2.05) is 29.8 Å². The van der Waals surface area contributed by atoms with E-state index >= 15 is 0 Å². The predicted molar refractivity (Wildman–Crippen MR) is 51.8 cm³/mol. The molecule has 1 saturated carbocycles. The van der Waals surface area contributed by atoms with Gasteiger partial charge in [0, 0.05) is 13.1 Å². The van der Waals surface area contributed by atoms with Crippen LogP contribution in [0.1, 0.15) is 19.3 Å². The van der Waals surface area contributed by atoms with Gasteiger partial charge in [-0.15, -0.1) is 0 Å². The number of hydrogen-bond donors (Lipinski definition) is 0. The molecular weight excluding hydrogens is 305 g/mol. The van der Waals surface area contributed by atoms with E-state index in [9.17, 15) is 4.79 Å². The Balaban J connectivity index is 0.00000112. The molecule has 1 fully saturated rings. The average molecular weight is 321 g/mol. The third-order valence-corrected chi connectivity index (χ3v) is 2.91. The standard InChI is InChI=1S/C10H16N3O.HI/c1-11-6-7-13(8-11)10(14)12(2)9-4-3-5-9;/h6-9H,3-5H2,1-2H3;1H/q+1;/p-1. The minimum Gasteiger partial charge on any atom is -1.00 e. The van der Waals surface area contributed by atoms with Crippen molar-refractivity contribution in [3.63, 3.8) is 0 Å². The van der Waals surface area contributed by atoms with Gasteiger partial charge in [-0.25, -0.2) is 9.36 Å². The van der Waals surface area contributed by atoms with E-state index in [1.54, 1.807) is 17.1 Å². The second-order valence-electron chi connectivity index (χ2n) is 3.96. The van der Waals surface area contributed by atoms with Gasteiger partial charge in [0.2, 0.25) is 0 Å². The molecule has 1 aliphatic carbocycles. The monoisotopic (exact) mass is 321 g/mol. The van der Waals surface area contributed by atoms with E-state index in [0.29, 0.717) is 6.04 Å². The van der Waals surface area contributed by atoms with E-state index in [4.69, 9.17) is 0 Å². The quantitative estimate of drug-likeness (QED) is 0.425. The van der Waals surface area contributed by atoms with Crippen molar-refractivity contribution in [3.05, 3.63) is 18.7 Å². The van der Waals surface area contributed by atoms with Crippen LogP contribution >= 0.6 is 0 Å². The molecule has 1 aromatic heterocycles. The molecule has 15 heavy (non-hydrogen) atoms. The molecule has 2 rings (SSSR count). The van der Waals surface area contributed by atoms with Crippen molar-refractivity contribution in [3.8, 4) is 0 Å². The van der Waals surface area contributed by atoms with Gasteiger partial charge in [0.05, 0.1) is 7.05 Å². The average Bonchev–Trinajstić information content (AvgIpc) is 2.47. The first-order chi connectivity index (χ1) is 6.68. The molecule has 1 aromatic rings. The fourth-order valence-corrected chi connectivity index (χ4v) is 1.68. The SMILES string of the molecule is CN(C(=O)n1cc[n+](C)c1)C1CCC1.[I-]. The van der Waals surface area contributed by atoms with Gasteiger partial charge in [-0.3, -0.25) is 0 Å². The van der Waals surface area contributed by atoms with Crippen molar-refractivity contribution in [2.45, 2.75) is 25.3 Å². The van der Waals surface area contributed by atoms with Gasteiger partial charge in [0.25, 0.3) is 6.33 Å². The van der Waals surface area contributed by atoms with Crippen molar-refractivity contribution >= 4 is 6.03 Å². The van der Waals surface area contributed by atoms with Crippen LogP contribution in [0.15, 0.2) is 18.7 Å². The molecule has 0 radical (unpaired) electrons. The molecule has 0 saturated heterocycles. The number of hydrogen-bond acceptors (Lipinski definition) is 1. The number of carbonyl (C=O) groups is 1. The predicted octanol–water partition coefficient (Wildman–Crippen LogP) is -2.23. The number of aryl methyl sites for hydroxylation is 1. The van der Waals surface area contributed by atoms with Gasteiger partial charge < -0.3 is 28.9 Å². The Hall–Kier alpha value is -0.590. The summed E-state index contributed by atoms with van der Waals surface area (Å²) < 4.78 is 3.49. The minimum atomic E-state index is 0. The summed E-state index contributed by atoms with van der Waals surface area (Å²) in [4.78, 5) is 13.7. The Morgan fingerprint density at radius 1 is 1.53 bits per heavy atom. The second-order valence-corrected chi connectivity index (χ2v) is 3.96. The molecule has 4 nitrogen and oxygen atoms in total. The lowest BCUT2D eigenvalue weighted by molar-refractivity contribution is -0.670. The van der Waals surface area contributed by atoms with E-state index in [2.05, 4.69) is 0 Å². The van der Waals surface area contributed by atoms with Crippen molar-refractivity contribution in [2.75, 3.05) is 7.05 Å². The Bertz CT molecular complexity index is 346. The largest absolute Gasteiger partial charge is 1.00 e. The topological polar surface area (TPSA) is 29.1 Å². The summed E-state index contributed by atoms with van der Waals surface area (Å²) in [5.74, 6) is 0. The van der Waals surface area contributed by atoms with Gasteiger partial charge in [-0.1, -0.05) is 0 Å². The van der Waals surface area contributed by atoms with Gasteiger partial charge in [0.1, 0.15) is 12.4 Å². The third kappa shape index (κ3) is 2.50. The zero-order valence-corrected chi connectivity index (χ0v) is 11.2. The number of halogens is 1. The summed E-state index contributed by atoms with van der Waals surface area (Å²) in [7, 11) is 3.79. The van der Waals surface area contributed by atoms with E-state index < -0.39 is 0 Å². The van der Waals surface area contributed by atoms with Crippen LogP contribution in [0.3, 0.4) is 0 Å². The van der Waals surface area contributed by atoms with Crippen molar-refractivity contribution < 1.29 is 33.3 Å². The summed E-state index contributed by atoms with van der Waals surface area (Å²) in [6.07, 6.45) is 8.99. The third-order valence-electron chi connectivity index (χ3n) is 2.91. The number of aromatic nitrogens is 2. The summed E-state index contributed by atoms with van der Waals surface area (Å²) >= 11 is 0. The highest BCUT2D eigenvalue weighted by Gasteiger charge is 2.28. The van der Waals surface area contributed by atoms with Crippen LogP contribution in [0.2, 0.25) is 0 Å². The number of rotatable bonds is 1. The zero-order chi connectivity index (χ0) is 10.1. The number of imidazole rings is 1. The Kier molecular flexibility index (Phi) is 4.12. The highest BCUT2D eigenvalue weighted by Crippen LogP contribution is 2.23. The molecule has 0 unspecified atom stereocenters. The lowest BCUT2D eigenvalue weighted by Crippen LogP contribution is -3.00. The Morgan fingerprint density at radius 3 is 2.60 bits per heavy atom. The molecule has 5 heteroatoms. The smallest absolute Gasteiger partial charge is 0.415 e. The van der Waals surface area contributed by atoms with Gasteiger partial charge in [0.15, 0.2) is 0 Å². The highest BCUT2D eigenvalue weighted by atomic mass is 127. The highest BCUT2D eigenvalue weighted by molar-refractivity contribution is 5.76. The van der Waals surface area contributed by atoms with Gasteiger partial charge >= 0.3 is 6.03 Å². The fourth-order valence-electron chi connectivity index (χ4n) is 1.68. The van der Waals surface area contributed by atoms with Crippen LogP contribution in [0.5, 0.6) is 0 Å². The molecule has 0 N–H and O–H groups in total. The van der Waals surface area contributed by atoms with Crippen LogP contribution in [0, 0.1) is 0 Å². The summed E-state index contributed by atoms with van der Waals surface area (Å²) in [6.45, 7) is 0. The molecule has 0 aromatic carbocycles. The first-order valence-corrected chi connectivity index (χ1v) is 4.99. The molecule has 1 amide bonds. The molecule has 1 heterocycles. The second kappa shape index (κ2) is 4.96. The normalized spacial score (nSPS) is 15.3. The molecule has 0 aliphatic heterocycles. The van der Waals surface area contributed by atoms with Crippen LogP contribution in [0.4, 0.5) is 4.79 Å². The maximum absolute atomic E-state index is 11.9.